The molecule has 4 heterocycles. The van der Waals surface area contributed by atoms with Crippen molar-refractivity contribution in [3.05, 3.63) is 69.1 Å². The minimum atomic E-state index is -0.419. The maximum Gasteiger partial charge on any atom is 0.337 e. The van der Waals surface area contributed by atoms with Gasteiger partial charge in [-0.15, -0.1) is 11.3 Å². The summed E-state index contributed by atoms with van der Waals surface area (Å²) in [4.78, 5) is 16.5. The molecule has 3 aliphatic rings. The Bertz CT molecular complexity index is 1320. The summed E-state index contributed by atoms with van der Waals surface area (Å²) in [6, 6.07) is 11.8. The van der Waals surface area contributed by atoms with Crippen LogP contribution >= 0.6 is 11.3 Å². The molecule has 2 aromatic carbocycles. The summed E-state index contributed by atoms with van der Waals surface area (Å²) in [7, 11) is 4.71. The lowest BCUT2D eigenvalue weighted by molar-refractivity contribution is -0.136. The molecule has 180 valence electrons. The van der Waals surface area contributed by atoms with E-state index in [4.69, 9.17) is 28.4 Å². The zero-order chi connectivity index (χ0) is 24.1. The van der Waals surface area contributed by atoms with Gasteiger partial charge in [0, 0.05) is 22.5 Å². The molecule has 9 heteroatoms. The van der Waals surface area contributed by atoms with Gasteiger partial charge in [-0.2, -0.15) is 0 Å². The number of hydrogen-bond acceptors (Lipinski definition) is 9. The monoisotopic (exact) mass is 493 g/mol. The summed E-state index contributed by atoms with van der Waals surface area (Å²) in [5.41, 5.74) is 4.12. The number of methoxy groups -OCH3 is 3. The van der Waals surface area contributed by atoms with E-state index in [-0.39, 0.29) is 19.4 Å². The molecule has 3 aliphatic heterocycles. The molecular formula is C26H23NO7S. The molecule has 0 aliphatic carbocycles. The highest BCUT2D eigenvalue weighted by Crippen LogP contribution is 2.53. The number of ether oxygens (including phenoxy) is 6. The zero-order valence-electron chi connectivity index (χ0n) is 19.5. The van der Waals surface area contributed by atoms with Gasteiger partial charge in [0.15, 0.2) is 23.0 Å². The maximum absolute atomic E-state index is 13.2. The zero-order valence-corrected chi connectivity index (χ0v) is 20.3. The molecular weight excluding hydrogens is 470 g/mol. The van der Waals surface area contributed by atoms with Crippen molar-refractivity contribution in [3.8, 4) is 28.7 Å². The molecule has 8 nitrogen and oxygen atoms in total. The Labute approximate surface area is 206 Å². The molecule has 1 aromatic heterocycles. The van der Waals surface area contributed by atoms with Gasteiger partial charge in [-0.1, -0.05) is 6.07 Å². The molecule has 0 saturated heterocycles. The first-order valence-corrected chi connectivity index (χ1v) is 11.9. The predicted molar refractivity (Wildman–Crippen MR) is 129 cm³/mol. The van der Waals surface area contributed by atoms with Crippen LogP contribution in [0.1, 0.15) is 21.9 Å². The number of anilines is 1. The molecule has 3 aromatic rings. The van der Waals surface area contributed by atoms with Crippen molar-refractivity contribution in [2.75, 3.05) is 39.6 Å². The Morgan fingerprint density at radius 2 is 1.74 bits per heavy atom. The summed E-state index contributed by atoms with van der Waals surface area (Å²) in [6.07, 6.45) is 0. The standard InChI is InChI=1S/C26H23NO7S/c1-29-21-7-14(8-22(30-2)25(21)31-3)23-16-9-19-20(34-13-33-19)10-17(16)27(11-15-5-4-6-35-15)18-12-32-26(28)24(18)23/h4-10,23H,11-13H2,1-3H3. The van der Waals surface area contributed by atoms with E-state index in [9.17, 15) is 4.79 Å². The number of thiophene rings is 1. The van der Waals surface area contributed by atoms with Crippen LogP contribution in [-0.2, 0) is 16.1 Å². The first-order chi connectivity index (χ1) is 17.1. The normalized spacial score (nSPS) is 17.7. The number of carbonyl (C=O) groups is 1. The first kappa shape index (κ1) is 21.7. The number of esters is 1. The number of carbonyl (C=O) groups excluding carboxylic acids is 1. The predicted octanol–water partition coefficient (Wildman–Crippen LogP) is 4.47. The molecule has 0 amide bonds. The van der Waals surface area contributed by atoms with Gasteiger partial charge in [-0.3, -0.25) is 0 Å². The van der Waals surface area contributed by atoms with Crippen LogP contribution in [0.25, 0.3) is 0 Å². The van der Waals surface area contributed by atoms with Gasteiger partial charge < -0.3 is 33.3 Å². The summed E-state index contributed by atoms with van der Waals surface area (Å²) in [5.74, 6) is 2.09. The van der Waals surface area contributed by atoms with E-state index in [1.54, 1.807) is 32.7 Å². The summed E-state index contributed by atoms with van der Waals surface area (Å²) in [6.45, 7) is 0.975. The van der Waals surface area contributed by atoms with Gasteiger partial charge in [0.2, 0.25) is 12.5 Å². The molecule has 1 atom stereocenters. The van der Waals surface area contributed by atoms with E-state index in [2.05, 4.69) is 11.0 Å². The molecule has 0 radical (unpaired) electrons. The first-order valence-electron chi connectivity index (χ1n) is 11.1. The highest BCUT2D eigenvalue weighted by Gasteiger charge is 2.43. The van der Waals surface area contributed by atoms with Crippen LogP contribution in [0.5, 0.6) is 28.7 Å². The third kappa shape index (κ3) is 3.37. The summed E-state index contributed by atoms with van der Waals surface area (Å²) < 4.78 is 33.8. The van der Waals surface area contributed by atoms with E-state index < -0.39 is 5.92 Å². The van der Waals surface area contributed by atoms with Crippen LogP contribution in [0.3, 0.4) is 0 Å². The third-order valence-electron chi connectivity index (χ3n) is 6.52. The Kier molecular flexibility index (Phi) is 5.21. The fourth-order valence-corrected chi connectivity index (χ4v) is 5.67. The van der Waals surface area contributed by atoms with E-state index in [1.807, 2.05) is 35.7 Å². The van der Waals surface area contributed by atoms with Crippen LogP contribution in [-0.4, -0.2) is 40.7 Å². The SMILES string of the molecule is COc1cc(C2C3=C(COC3=O)N(Cc3cccs3)c3cc4c(cc32)OCO4)cc(OC)c1OC. The molecule has 1 unspecified atom stereocenters. The summed E-state index contributed by atoms with van der Waals surface area (Å²) in [5, 5.41) is 2.05. The van der Waals surface area contributed by atoms with Crippen molar-refractivity contribution >= 4 is 23.0 Å². The van der Waals surface area contributed by atoms with Crippen molar-refractivity contribution in [3.63, 3.8) is 0 Å². The molecule has 0 spiro atoms. The maximum atomic E-state index is 13.2. The van der Waals surface area contributed by atoms with Crippen molar-refractivity contribution in [2.24, 2.45) is 0 Å². The Balaban J connectivity index is 1.59. The van der Waals surface area contributed by atoms with E-state index >= 15 is 0 Å². The van der Waals surface area contributed by atoms with Crippen molar-refractivity contribution in [2.45, 2.75) is 12.5 Å². The molecule has 0 bridgehead atoms. The van der Waals surface area contributed by atoms with Gasteiger partial charge >= 0.3 is 5.97 Å². The number of rotatable bonds is 6. The fraction of sp³-hybridized carbons (Fsp3) is 0.269. The van der Waals surface area contributed by atoms with Crippen LogP contribution in [0, 0.1) is 0 Å². The Morgan fingerprint density at radius 1 is 1.00 bits per heavy atom. The molecule has 0 N–H and O–H groups in total. The number of fused-ring (bicyclic) bond motifs is 2. The van der Waals surface area contributed by atoms with Crippen LogP contribution in [0.15, 0.2) is 53.0 Å². The lowest BCUT2D eigenvalue weighted by atomic mass is 9.80. The average Bonchev–Trinajstić information content (AvgIpc) is 3.64. The molecule has 0 fully saturated rings. The number of cyclic esters (lactones) is 1. The minimum absolute atomic E-state index is 0.160. The molecule has 0 saturated carbocycles. The van der Waals surface area contributed by atoms with Gasteiger partial charge in [-0.05, 0) is 40.8 Å². The van der Waals surface area contributed by atoms with Crippen LogP contribution < -0.4 is 28.6 Å². The van der Waals surface area contributed by atoms with Crippen molar-refractivity contribution in [1.29, 1.82) is 0 Å². The van der Waals surface area contributed by atoms with E-state index in [0.717, 1.165) is 22.5 Å². The van der Waals surface area contributed by atoms with E-state index in [0.29, 0.717) is 40.9 Å². The topological polar surface area (TPSA) is 75.7 Å². The van der Waals surface area contributed by atoms with Crippen molar-refractivity contribution in [1.82, 2.24) is 0 Å². The second kappa shape index (κ2) is 8.42. The second-order valence-electron chi connectivity index (χ2n) is 8.26. The van der Waals surface area contributed by atoms with Gasteiger partial charge in [0.05, 0.1) is 39.1 Å². The number of hydrogen-bond donors (Lipinski definition) is 0. The third-order valence-corrected chi connectivity index (χ3v) is 7.38. The van der Waals surface area contributed by atoms with Crippen LogP contribution in [0.4, 0.5) is 5.69 Å². The Morgan fingerprint density at radius 3 is 2.40 bits per heavy atom. The molecule has 35 heavy (non-hydrogen) atoms. The highest BCUT2D eigenvalue weighted by molar-refractivity contribution is 7.09. The van der Waals surface area contributed by atoms with Gasteiger partial charge in [0.25, 0.3) is 0 Å². The van der Waals surface area contributed by atoms with Gasteiger partial charge in [-0.25, -0.2) is 4.79 Å². The minimum Gasteiger partial charge on any atom is -0.493 e. The van der Waals surface area contributed by atoms with Crippen LogP contribution in [0.2, 0.25) is 0 Å². The number of benzene rings is 2. The largest absolute Gasteiger partial charge is 0.493 e. The number of nitrogens with zero attached hydrogens (tertiary/aromatic N) is 1. The highest BCUT2D eigenvalue weighted by atomic mass is 32.1. The second-order valence-corrected chi connectivity index (χ2v) is 9.29. The van der Waals surface area contributed by atoms with Gasteiger partial charge in [0.1, 0.15) is 6.61 Å². The quantitative estimate of drug-likeness (QED) is 0.466. The fourth-order valence-electron chi connectivity index (χ4n) is 4.98. The lowest BCUT2D eigenvalue weighted by Crippen LogP contribution is -2.30. The van der Waals surface area contributed by atoms with Crippen molar-refractivity contribution < 1.29 is 33.2 Å². The Hall–Kier alpha value is -3.85. The summed E-state index contributed by atoms with van der Waals surface area (Å²) >= 11 is 1.67. The van der Waals surface area contributed by atoms with E-state index in [1.165, 1.54) is 4.88 Å². The molecule has 6 rings (SSSR count). The smallest absolute Gasteiger partial charge is 0.337 e. The average molecular weight is 494 g/mol. The lowest BCUT2D eigenvalue weighted by Gasteiger charge is -2.36.